The molecule has 0 aliphatic rings. The molecular weight excluding hydrogens is 256 g/mol. The van der Waals surface area contributed by atoms with Crippen LogP contribution >= 0.6 is 15.9 Å². The van der Waals surface area contributed by atoms with E-state index in [0.717, 1.165) is 16.6 Å². The highest BCUT2D eigenvalue weighted by Crippen LogP contribution is 2.22. The van der Waals surface area contributed by atoms with Gasteiger partial charge in [-0.1, -0.05) is 22.0 Å². The molecule has 3 nitrogen and oxygen atoms in total. The van der Waals surface area contributed by atoms with Crippen LogP contribution in [0.5, 0.6) is 0 Å². The van der Waals surface area contributed by atoms with Gasteiger partial charge >= 0.3 is 0 Å². The van der Waals surface area contributed by atoms with Gasteiger partial charge in [-0.2, -0.15) is 0 Å². The number of nitrogens with one attached hydrogen (secondary N) is 2. The molecule has 15 heavy (non-hydrogen) atoms. The summed E-state index contributed by atoms with van der Waals surface area (Å²) in [6.45, 7) is 0. The molecule has 1 aromatic carbocycles. The molecule has 0 aliphatic carbocycles. The average molecular weight is 267 g/mol. The van der Waals surface area contributed by atoms with Gasteiger partial charge < -0.3 is 10.3 Å². The number of hydrogen-bond donors (Lipinski definition) is 2. The number of H-pyrrole nitrogens is 1. The lowest BCUT2D eigenvalue weighted by atomic mass is 10.2. The van der Waals surface area contributed by atoms with E-state index in [4.69, 9.17) is 0 Å². The maximum Gasteiger partial charge on any atom is 0.225 e. The Morgan fingerprint density at radius 2 is 2.27 bits per heavy atom. The van der Waals surface area contributed by atoms with Gasteiger partial charge in [0.05, 0.1) is 5.69 Å². The summed E-state index contributed by atoms with van der Waals surface area (Å²) in [6, 6.07) is 7.76. The number of rotatable bonds is 3. The van der Waals surface area contributed by atoms with Crippen LogP contribution in [0.2, 0.25) is 0 Å². The topological polar surface area (TPSA) is 44.9 Å². The maximum absolute atomic E-state index is 11.4. The molecule has 0 bridgehead atoms. The largest absolute Gasteiger partial charge is 0.361 e. The first-order valence-electron chi connectivity index (χ1n) is 4.73. The zero-order valence-electron chi connectivity index (χ0n) is 8.09. The summed E-state index contributed by atoms with van der Waals surface area (Å²) in [5.41, 5.74) is 1.89. The van der Waals surface area contributed by atoms with E-state index < -0.39 is 0 Å². The van der Waals surface area contributed by atoms with Crippen LogP contribution < -0.4 is 5.32 Å². The molecule has 0 fully saturated rings. The zero-order chi connectivity index (χ0) is 10.7. The Balaban J connectivity index is 2.27. The van der Waals surface area contributed by atoms with E-state index in [1.54, 1.807) is 0 Å². The van der Waals surface area contributed by atoms with Gasteiger partial charge in [0.2, 0.25) is 5.91 Å². The summed E-state index contributed by atoms with van der Waals surface area (Å²) in [4.78, 5) is 14.5. The summed E-state index contributed by atoms with van der Waals surface area (Å²) >= 11 is 3.24. The Morgan fingerprint density at radius 1 is 1.40 bits per heavy atom. The Kier molecular flexibility index (Phi) is 3.06. The van der Waals surface area contributed by atoms with Crippen molar-refractivity contribution in [1.29, 1.82) is 0 Å². The highest BCUT2D eigenvalue weighted by atomic mass is 79.9. The Bertz CT molecular complexity index is 478. The van der Waals surface area contributed by atoms with Crippen LogP contribution in [0.3, 0.4) is 0 Å². The fourth-order valence-corrected chi connectivity index (χ4v) is 1.85. The van der Waals surface area contributed by atoms with Crippen molar-refractivity contribution in [3.8, 4) is 0 Å². The van der Waals surface area contributed by atoms with Crippen molar-refractivity contribution in [1.82, 2.24) is 4.98 Å². The average Bonchev–Trinajstić information content (AvgIpc) is 2.67. The first kappa shape index (κ1) is 10.2. The van der Waals surface area contributed by atoms with E-state index in [9.17, 15) is 4.79 Å². The summed E-state index contributed by atoms with van der Waals surface area (Å²) < 4.78 is 0. The second-order valence-electron chi connectivity index (χ2n) is 3.23. The highest BCUT2D eigenvalue weighted by Gasteiger charge is 2.04. The van der Waals surface area contributed by atoms with E-state index in [-0.39, 0.29) is 5.91 Å². The molecule has 4 heteroatoms. The van der Waals surface area contributed by atoms with Gasteiger partial charge in [0.15, 0.2) is 0 Å². The summed E-state index contributed by atoms with van der Waals surface area (Å²) in [7, 11) is 0. The number of anilines is 1. The number of carbonyl (C=O) groups excluding carboxylic acids is 1. The number of amides is 1. The molecule has 0 atom stereocenters. The monoisotopic (exact) mass is 266 g/mol. The van der Waals surface area contributed by atoms with Crippen LogP contribution in [0.25, 0.3) is 10.9 Å². The lowest BCUT2D eigenvalue weighted by molar-refractivity contribution is -0.115. The van der Waals surface area contributed by atoms with Gasteiger partial charge in [0.1, 0.15) is 0 Å². The minimum absolute atomic E-state index is 0.0283. The molecule has 2 N–H and O–H groups in total. The molecule has 1 amide bonds. The SMILES string of the molecule is O=C(CCBr)Nc1cccc2[nH]ccc12. The number of benzene rings is 1. The van der Waals surface area contributed by atoms with Crippen LogP contribution in [-0.2, 0) is 4.79 Å². The van der Waals surface area contributed by atoms with E-state index in [2.05, 4.69) is 26.2 Å². The predicted molar refractivity (Wildman–Crippen MR) is 65.3 cm³/mol. The van der Waals surface area contributed by atoms with E-state index in [1.165, 1.54) is 0 Å². The lowest BCUT2D eigenvalue weighted by Gasteiger charge is -2.05. The molecule has 0 unspecified atom stereocenters. The van der Waals surface area contributed by atoms with Crippen molar-refractivity contribution in [2.45, 2.75) is 6.42 Å². The first-order chi connectivity index (χ1) is 7.31. The number of hydrogen-bond acceptors (Lipinski definition) is 1. The molecule has 0 saturated heterocycles. The normalized spacial score (nSPS) is 10.5. The number of aromatic nitrogens is 1. The molecule has 0 spiro atoms. The Labute approximate surface area is 96.0 Å². The smallest absolute Gasteiger partial charge is 0.225 e. The fourth-order valence-electron chi connectivity index (χ4n) is 1.49. The third-order valence-electron chi connectivity index (χ3n) is 2.19. The molecule has 0 aliphatic heterocycles. The number of carbonyl (C=O) groups is 1. The minimum atomic E-state index is 0.0283. The highest BCUT2D eigenvalue weighted by molar-refractivity contribution is 9.09. The second kappa shape index (κ2) is 4.49. The van der Waals surface area contributed by atoms with Gasteiger partial charge in [-0.3, -0.25) is 4.79 Å². The first-order valence-corrected chi connectivity index (χ1v) is 5.85. The van der Waals surface area contributed by atoms with Crippen molar-refractivity contribution in [2.75, 3.05) is 10.6 Å². The van der Waals surface area contributed by atoms with Crippen LogP contribution in [0.4, 0.5) is 5.69 Å². The summed E-state index contributed by atoms with van der Waals surface area (Å²) in [5.74, 6) is 0.0283. The number of aromatic amines is 1. The molecule has 0 radical (unpaired) electrons. The van der Waals surface area contributed by atoms with Gasteiger partial charge in [-0.15, -0.1) is 0 Å². The standard InChI is InChI=1S/C11H11BrN2O/c12-6-4-11(15)14-10-3-1-2-9-8(10)5-7-13-9/h1-3,5,7,13H,4,6H2,(H,14,15). The van der Waals surface area contributed by atoms with Gasteiger partial charge in [-0.25, -0.2) is 0 Å². The van der Waals surface area contributed by atoms with E-state index in [1.807, 2.05) is 30.5 Å². The van der Waals surface area contributed by atoms with Crippen LogP contribution in [0.15, 0.2) is 30.5 Å². The maximum atomic E-state index is 11.4. The van der Waals surface area contributed by atoms with Crippen molar-refractivity contribution in [3.63, 3.8) is 0 Å². The zero-order valence-corrected chi connectivity index (χ0v) is 9.67. The van der Waals surface area contributed by atoms with Crippen molar-refractivity contribution in [3.05, 3.63) is 30.5 Å². The van der Waals surface area contributed by atoms with Crippen molar-refractivity contribution >= 4 is 38.4 Å². The van der Waals surface area contributed by atoms with E-state index >= 15 is 0 Å². The number of halogens is 1. The second-order valence-corrected chi connectivity index (χ2v) is 4.02. The molecule has 78 valence electrons. The van der Waals surface area contributed by atoms with Crippen molar-refractivity contribution < 1.29 is 4.79 Å². The molecular formula is C11H11BrN2O. The third kappa shape index (κ3) is 2.21. The Morgan fingerprint density at radius 3 is 3.07 bits per heavy atom. The lowest BCUT2D eigenvalue weighted by Crippen LogP contribution is -2.11. The van der Waals surface area contributed by atoms with Crippen molar-refractivity contribution in [2.24, 2.45) is 0 Å². The minimum Gasteiger partial charge on any atom is -0.361 e. The van der Waals surface area contributed by atoms with Crippen LogP contribution in [0.1, 0.15) is 6.42 Å². The van der Waals surface area contributed by atoms with Gasteiger partial charge in [-0.05, 0) is 18.2 Å². The van der Waals surface area contributed by atoms with Crippen LogP contribution in [0, 0.1) is 0 Å². The molecule has 0 saturated carbocycles. The molecule has 2 aromatic rings. The third-order valence-corrected chi connectivity index (χ3v) is 2.59. The molecule has 2 rings (SSSR count). The summed E-state index contributed by atoms with van der Waals surface area (Å²) in [6.07, 6.45) is 2.35. The number of fused-ring (bicyclic) bond motifs is 1. The summed E-state index contributed by atoms with van der Waals surface area (Å²) in [5, 5.41) is 4.61. The quantitative estimate of drug-likeness (QED) is 0.825. The Hall–Kier alpha value is -1.29. The molecule has 1 aromatic heterocycles. The molecule has 1 heterocycles. The fraction of sp³-hybridized carbons (Fsp3) is 0.182. The van der Waals surface area contributed by atoms with Gasteiger partial charge in [0, 0.05) is 28.9 Å². The number of alkyl halides is 1. The van der Waals surface area contributed by atoms with Crippen LogP contribution in [-0.4, -0.2) is 16.2 Å². The predicted octanol–water partition coefficient (Wildman–Crippen LogP) is 2.89. The van der Waals surface area contributed by atoms with E-state index in [0.29, 0.717) is 11.8 Å². The van der Waals surface area contributed by atoms with Gasteiger partial charge in [0.25, 0.3) is 0 Å².